The van der Waals surface area contributed by atoms with Crippen LogP contribution in [0.1, 0.15) is 0 Å². The van der Waals surface area contributed by atoms with Gasteiger partial charge in [-0.15, -0.1) is 0 Å². The van der Waals surface area contributed by atoms with Crippen molar-refractivity contribution in [2.45, 2.75) is 14.7 Å². The fraction of sp³-hybridized carbons (Fsp3) is 0.0435. The van der Waals surface area contributed by atoms with Gasteiger partial charge in [-0.3, -0.25) is 4.72 Å². The molecule has 0 saturated carbocycles. The molecule has 3 N–H and O–H groups in total. The lowest BCUT2D eigenvalue weighted by Crippen LogP contribution is -2.13. The van der Waals surface area contributed by atoms with Crippen molar-refractivity contribution < 1.29 is 23.4 Å². The summed E-state index contributed by atoms with van der Waals surface area (Å²) >= 11 is 1.34. The summed E-state index contributed by atoms with van der Waals surface area (Å²) in [5.41, 5.74) is 0.332. The Hall–Kier alpha value is -3.36. The Morgan fingerprint density at radius 3 is 2.26 bits per heavy atom. The number of phenolic OH excluding ortho intramolecular Hbond substituents is 2. The summed E-state index contributed by atoms with van der Waals surface area (Å²) < 4.78 is 33.8. The second kappa shape index (κ2) is 8.41. The second-order valence-corrected chi connectivity index (χ2v) is 9.47. The van der Waals surface area contributed by atoms with Crippen molar-refractivity contribution in [2.75, 3.05) is 11.8 Å². The van der Waals surface area contributed by atoms with Gasteiger partial charge in [0.05, 0.1) is 22.6 Å². The Morgan fingerprint density at radius 1 is 0.871 bits per heavy atom. The van der Waals surface area contributed by atoms with Crippen molar-refractivity contribution in [3.8, 4) is 17.2 Å². The van der Waals surface area contributed by atoms with Gasteiger partial charge in [-0.05, 0) is 30.3 Å². The number of anilines is 1. The number of hydrogen-bond donors (Lipinski definition) is 3. The fourth-order valence-corrected chi connectivity index (χ4v) is 5.16. The number of nitrogens with one attached hydrogen (secondary N) is 1. The Kier molecular flexibility index (Phi) is 5.67. The zero-order valence-electron chi connectivity index (χ0n) is 16.4. The third-order valence-corrected chi connectivity index (χ3v) is 7.06. The smallest absolute Gasteiger partial charge is 0.262 e. The van der Waals surface area contributed by atoms with Crippen LogP contribution in [0.4, 0.5) is 5.69 Å². The molecule has 6 nitrogen and oxygen atoms in total. The van der Waals surface area contributed by atoms with Gasteiger partial charge in [0.25, 0.3) is 10.0 Å². The molecule has 0 bridgehead atoms. The molecule has 4 aromatic carbocycles. The fourth-order valence-electron chi connectivity index (χ4n) is 3.14. The molecule has 0 amide bonds. The maximum absolute atomic E-state index is 13.1. The second-order valence-electron chi connectivity index (χ2n) is 6.67. The van der Waals surface area contributed by atoms with Gasteiger partial charge < -0.3 is 14.9 Å². The summed E-state index contributed by atoms with van der Waals surface area (Å²) in [6.45, 7) is 0. The molecule has 0 unspecified atom stereocenters. The maximum atomic E-state index is 13.1. The van der Waals surface area contributed by atoms with Crippen molar-refractivity contribution >= 4 is 38.2 Å². The molecule has 31 heavy (non-hydrogen) atoms. The van der Waals surface area contributed by atoms with Gasteiger partial charge in [0.15, 0.2) is 11.5 Å². The summed E-state index contributed by atoms with van der Waals surface area (Å²) in [5.74, 6) is -0.0180. The van der Waals surface area contributed by atoms with Gasteiger partial charge in [-0.2, -0.15) is 0 Å². The zero-order valence-corrected chi connectivity index (χ0v) is 18.1. The molecule has 0 aliphatic rings. The van der Waals surface area contributed by atoms with E-state index in [1.54, 1.807) is 30.3 Å². The van der Waals surface area contributed by atoms with Crippen LogP contribution < -0.4 is 9.46 Å². The first-order valence-corrected chi connectivity index (χ1v) is 11.6. The van der Waals surface area contributed by atoms with Crippen LogP contribution in [0.25, 0.3) is 10.8 Å². The van der Waals surface area contributed by atoms with Gasteiger partial charge in [0, 0.05) is 21.7 Å². The third-order valence-electron chi connectivity index (χ3n) is 4.66. The van der Waals surface area contributed by atoms with Crippen LogP contribution in [0, 0.1) is 0 Å². The van der Waals surface area contributed by atoms with E-state index < -0.39 is 10.0 Å². The molecule has 158 valence electrons. The topological polar surface area (TPSA) is 95.9 Å². The average molecular weight is 454 g/mol. The van der Waals surface area contributed by atoms with E-state index in [9.17, 15) is 18.6 Å². The number of rotatable bonds is 6. The molecule has 0 fully saturated rings. The first kappa shape index (κ1) is 20.9. The summed E-state index contributed by atoms with van der Waals surface area (Å²) in [7, 11) is -2.64. The Labute approximate surface area is 184 Å². The van der Waals surface area contributed by atoms with Gasteiger partial charge in [-0.1, -0.05) is 54.2 Å². The lowest BCUT2D eigenvalue weighted by Gasteiger charge is -2.15. The first-order chi connectivity index (χ1) is 14.9. The quantitative estimate of drug-likeness (QED) is 0.347. The minimum absolute atomic E-state index is 0.0544. The highest BCUT2D eigenvalue weighted by molar-refractivity contribution is 7.99. The number of sulfonamides is 1. The predicted octanol–water partition coefficient (Wildman–Crippen LogP) is 5.21. The molecule has 0 heterocycles. The number of ether oxygens (including phenoxy) is 1. The summed E-state index contributed by atoms with van der Waals surface area (Å²) in [5, 5.41) is 21.7. The number of benzene rings is 4. The van der Waals surface area contributed by atoms with Crippen LogP contribution in [0.2, 0.25) is 0 Å². The van der Waals surface area contributed by atoms with E-state index in [0.717, 1.165) is 4.90 Å². The Morgan fingerprint density at radius 2 is 1.55 bits per heavy atom. The van der Waals surface area contributed by atoms with Gasteiger partial charge in [0.2, 0.25) is 0 Å². The van der Waals surface area contributed by atoms with E-state index in [-0.39, 0.29) is 22.1 Å². The van der Waals surface area contributed by atoms with Crippen LogP contribution in [0.3, 0.4) is 0 Å². The van der Waals surface area contributed by atoms with Crippen molar-refractivity contribution in [2.24, 2.45) is 0 Å². The molecule has 8 heteroatoms. The summed E-state index contributed by atoms with van der Waals surface area (Å²) in [4.78, 5) is 1.37. The van der Waals surface area contributed by atoms with Gasteiger partial charge >= 0.3 is 0 Å². The molecule has 0 aliphatic heterocycles. The van der Waals surface area contributed by atoms with E-state index in [1.165, 1.54) is 37.1 Å². The van der Waals surface area contributed by atoms with Gasteiger partial charge in [-0.25, -0.2) is 8.42 Å². The van der Waals surface area contributed by atoms with Crippen LogP contribution in [0.5, 0.6) is 17.2 Å². The van der Waals surface area contributed by atoms with Crippen molar-refractivity contribution in [3.05, 3.63) is 78.9 Å². The van der Waals surface area contributed by atoms with E-state index in [4.69, 9.17) is 4.74 Å². The SMILES string of the molecule is COc1cc(S(=O)(=O)Nc2cc(Sc3ccccc3)c(O)c3ccccc23)ccc1O. The van der Waals surface area contributed by atoms with E-state index in [0.29, 0.717) is 21.4 Å². The van der Waals surface area contributed by atoms with Gasteiger partial charge in [0.1, 0.15) is 5.75 Å². The lowest BCUT2D eigenvalue weighted by atomic mass is 10.1. The van der Waals surface area contributed by atoms with Crippen molar-refractivity contribution in [1.29, 1.82) is 0 Å². The molecule has 4 rings (SSSR count). The minimum atomic E-state index is -3.99. The standard InChI is InChI=1S/C23H19NO5S2/c1-29-21-13-16(11-12-20(21)25)31(27,28)24-19-14-22(30-15-7-3-2-4-8-15)23(26)18-10-6-5-9-17(18)19/h2-14,24-26H,1H3. The number of hydrogen-bond acceptors (Lipinski definition) is 6. The lowest BCUT2D eigenvalue weighted by molar-refractivity contribution is 0.372. The van der Waals surface area contributed by atoms with Crippen LogP contribution in [0.15, 0.2) is 93.5 Å². The third kappa shape index (κ3) is 4.26. The van der Waals surface area contributed by atoms with E-state index in [1.807, 2.05) is 30.3 Å². The molecule has 4 aromatic rings. The monoisotopic (exact) mass is 453 g/mol. The van der Waals surface area contributed by atoms with Crippen molar-refractivity contribution in [1.82, 2.24) is 0 Å². The zero-order chi connectivity index (χ0) is 22.0. The molecular formula is C23H19NO5S2. The largest absolute Gasteiger partial charge is 0.506 e. The first-order valence-electron chi connectivity index (χ1n) is 9.26. The maximum Gasteiger partial charge on any atom is 0.262 e. The Bertz CT molecular complexity index is 1360. The molecule has 0 aromatic heterocycles. The highest BCUT2D eigenvalue weighted by Gasteiger charge is 2.20. The number of fused-ring (bicyclic) bond motifs is 1. The molecule has 0 aliphatic carbocycles. The molecule has 0 spiro atoms. The normalized spacial score (nSPS) is 11.4. The predicted molar refractivity (Wildman–Crippen MR) is 122 cm³/mol. The number of aromatic hydroxyl groups is 2. The Balaban J connectivity index is 1.80. The van der Waals surface area contributed by atoms with E-state index >= 15 is 0 Å². The molecule has 0 atom stereocenters. The highest BCUT2D eigenvalue weighted by Crippen LogP contribution is 2.43. The highest BCUT2D eigenvalue weighted by atomic mass is 32.2. The summed E-state index contributed by atoms with van der Waals surface area (Å²) in [6, 6.07) is 21.9. The van der Waals surface area contributed by atoms with Crippen molar-refractivity contribution in [3.63, 3.8) is 0 Å². The molecular weight excluding hydrogens is 434 g/mol. The number of phenols is 2. The van der Waals surface area contributed by atoms with Crippen LogP contribution in [-0.2, 0) is 10.0 Å². The van der Waals surface area contributed by atoms with E-state index in [2.05, 4.69) is 4.72 Å². The van der Waals surface area contributed by atoms with Crippen LogP contribution >= 0.6 is 11.8 Å². The average Bonchev–Trinajstić information content (AvgIpc) is 2.77. The number of methoxy groups -OCH3 is 1. The summed E-state index contributed by atoms with van der Waals surface area (Å²) in [6.07, 6.45) is 0. The molecule has 0 radical (unpaired) electrons. The molecule has 0 saturated heterocycles. The van der Waals surface area contributed by atoms with Crippen LogP contribution in [-0.4, -0.2) is 25.7 Å². The minimum Gasteiger partial charge on any atom is -0.506 e.